The van der Waals surface area contributed by atoms with Crippen molar-refractivity contribution in [2.45, 2.75) is 19.9 Å². The zero-order chi connectivity index (χ0) is 13.1. The van der Waals surface area contributed by atoms with Crippen molar-refractivity contribution in [2.75, 3.05) is 0 Å². The Hall–Kier alpha value is -1.13. The SMILES string of the molecule is Cc1cccc(C(=O)NC(C)c2ccsc2)c1Br. The van der Waals surface area contributed by atoms with Gasteiger partial charge in [-0.25, -0.2) is 0 Å². The van der Waals surface area contributed by atoms with Crippen LogP contribution in [-0.4, -0.2) is 5.91 Å². The summed E-state index contributed by atoms with van der Waals surface area (Å²) in [4.78, 5) is 12.2. The summed E-state index contributed by atoms with van der Waals surface area (Å²) in [5.74, 6) is -0.0516. The molecular formula is C14H14BrNOS. The number of aryl methyl sites for hydroxylation is 1. The molecule has 0 bridgehead atoms. The molecule has 2 rings (SSSR count). The smallest absolute Gasteiger partial charge is 0.252 e. The largest absolute Gasteiger partial charge is 0.345 e. The van der Waals surface area contributed by atoms with E-state index in [0.29, 0.717) is 5.56 Å². The number of nitrogens with one attached hydrogen (secondary N) is 1. The molecular weight excluding hydrogens is 310 g/mol. The molecule has 2 aromatic rings. The van der Waals surface area contributed by atoms with Gasteiger partial charge in [0.1, 0.15) is 0 Å². The second kappa shape index (κ2) is 5.67. The molecule has 0 saturated heterocycles. The van der Waals surface area contributed by atoms with Crippen molar-refractivity contribution < 1.29 is 4.79 Å². The average Bonchev–Trinajstić information content (AvgIpc) is 2.86. The summed E-state index contributed by atoms with van der Waals surface area (Å²) < 4.78 is 0.861. The van der Waals surface area contributed by atoms with Crippen LogP contribution in [0.1, 0.15) is 34.5 Å². The lowest BCUT2D eigenvalue weighted by Crippen LogP contribution is -2.26. The molecule has 2 nitrogen and oxygen atoms in total. The second-order valence-corrected chi connectivity index (χ2v) is 5.76. The van der Waals surface area contributed by atoms with E-state index in [-0.39, 0.29) is 11.9 Å². The number of carbonyl (C=O) groups is 1. The van der Waals surface area contributed by atoms with Crippen molar-refractivity contribution in [3.8, 4) is 0 Å². The fraction of sp³-hybridized carbons (Fsp3) is 0.214. The summed E-state index contributed by atoms with van der Waals surface area (Å²) in [6, 6.07) is 7.75. The van der Waals surface area contributed by atoms with Crippen LogP contribution in [0, 0.1) is 6.92 Å². The minimum Gasteiger partial charge on any atom is -0.345 e. The van der Waals surface area contributed by atoms with Gasteiger partial charge in [-0.15, -0.1) is 0 Å². The quantitative estimate of drug-likeness (QED) is 0.895. The van der Waals surface area contributed by atoms with Gasteiger partial charge in [-0.05, 0) is 63.8 Å². The third-order valence-corrected chi connectivity index (χ3v) is 4.58. The Morgan fingerprint density at radius 1 is 1.39 bits per heavy atom. The van der Waals surface area contributed by atoms with Crippen molar-refractivity contribution in [1.82, 2.24) is 5.32 Å². The van der Waals surface area contributed by atoms with Gasteiger partial charge in [0.25, 0.3) is 5.91 Å². The number of carbonyl (C=O) groups excluding carboxylic acids is 1. The maximum absolute atomic E-state index is 12.2. The lowest BCUT2D eigenvalue weighted by atomic mass is 10.1. The average molecular weight is 324 g/mol. The molecule has 1 unspecified atom stereocenters. The Morgan fingerprint density at radius 3 is 2.83 bits per heavy atom. The summed E-state index contributed by atoms with van der Waals surface area (Å²) in [5.41, 5.74) is 2.88. The van der Waals surface area contributed by atoms with Crippen LogP contribution in [0.2, 0.25) is 0 Å². The molecule has 0 aliphatic carbocycles. The van der Waals surface area contributed by atoms with E-state index in [0.717, 1.165) is 15.6 Å². The van der Waals surface area contributed by atoms with Gasteiger partial charge in [0.2, 0.25) is 0 Å². The van der Waals surface area contributed by atoms with Crippen LogP contribution in [0.15, 0.2) is 39.5 Å². The second-order valence-electron chi connectivity index (χ2n) is 4.19. The minimum atomic E-state index is -0.0516. The van der Waals surface area contributed by atoms with Crippen LogP contribution in [0.3, 0.4) is 0 Å². The van der Waals surface area contributed by atoms with Gasteiger partial charge in [-0.2, -0.15) is 11.3 Å². The molecule has 1 N–H and O–H groups in total. The fourth-order valence-corrected chi connectivity index (χ4v) is 2.90. The van der Waals surface area contributed by atoms with E-state index < -0.39 is 0 Å². The molecule has 0 saturated carbocycles. The van der Waals surface area contributed by atoms with Crippen molar-refractivity contribution in [2.24, 2.45) is 0 Å². The number of rotatable bonds is 3. The van der Waals surface area contributed by atoms with Crippen molar-refractivity contribution in [3.63, 3.8) is 0 Å². The highest BCUT2D eigenvalue weighted by Gasteiger charge is 2.14. The van der Waals surface area contributed by atoms with Crippen LogP contribution >= 0.6 is 27.3 Å². The van der Waals surface area contributed by atoms with Crippen molar-refractivity contribution in [1.29, 1.82) is 0 Å². The van der Waals surface area contributed by atoms with Gasteiger partial charge in [0, 0.05) is 4.47 Å². The van der Waals surface area contributed by atoms with E-state index in [2.05, 4.69) is 26.6 Å². The van der Waals surface area contributed by atoms with E-state index in [9.17, 15) is 4.79 Å². The van der Waals surface area contributed by atoms with E-state index in [1.807, 2.05) is 43.5 Å². The molecule has 18 heavy (non-hydrogen) atoms. The van der Waals surface area contributed by atoms with Gasteiger partial charge in [-0.3, -0.25) is 4.79 Å². The molecule has 1 aromatic heterocycles. The zero-order valence-corrected chi connectivity index (χ0v) is 12.6. The monoisotopic (exact) mass is 323 g/mol. The van der Waals surface area contributed by atoms with Crippen molar-refractivity contribution in [3.05, 3.63) is 56.2 Å². The molecule has 4 heteroatoms. The van der Waals surface area contributed by atoms with E-state index in [1.54, 1.807) is 11.3 Å². The fourth-order valence-electron chi connectivity index (χ4n) is 1.70. The van der Waals surface area contributed by atoms with Crippen LogP contribution < -0.4 is 5.32 Å². The standard InChI is InChI=1S/C14H14BrNOS/c1-9-4-3-5-12(13(9)15)14(17)16-10(2)11-6-7-18-8-11/h3-8,10H,1-2H3,(H,16,17). The van der Waals surface area contributed by atoms with Crippen LogP contribution in [0.25, 0.3) is 0 Å². The first-order valence-electron chi connectivity index (χ1n) is 5.67. The Kier molecular flexibility index (Phi) is 4.19. The number of halogens is 1. The molecule has 0 fully saturated rings. The highest BCUT2D eigenvalue weighted by atomic mass is 79.9. The highest BCUT2D eigenvalue weighted by molar-refractivity contribution is 9.10. The van der Waals surface area contributed by atoms with Crippen molar-refractivity contribution >= 4 is 33.2 Å². The lowest BCUT2D eigenvalue weighted by molar-refractivity contribution is 0.0939. The number of benzene rings is 1. The molecule has 0 radical (unpaired) electrons. The van der Waals surface area contributed by atoms with Gasteiger partial charge in [0.15, 0.2) is 0 Å². The summed E-state index contributed by atoms with van der Waals surface area (Å²) >= 11 is 5.10. The topological polar surface area (TPSA) is 29.1 Å². The third-order valence-electron chi connectivity index (χ3n) is 2.83. The number of amides is 1. The predicted octanol–water partition coefficient (Wildman–Crippen LogP) is 4.31. The Morgan fingerprint density at radius 2 is 2.17 bits per heavy atom. The molecule has 0 aliphatic rings. The van der Waals surface area contributed by atoms with E-state index >= 15 is 0 Å². The molecule has 1 amide bonds. The molecule has 1 heterocycles. The summed E-state index contributed by atoms with van der Waals surface area (Å²) in [6.45, 7) is 3.97. The summed E-state index contributed by atoms with van der Waals surface area (Å²) in [6.07, 6.45) is 0. The normalized spacial score (nSPS) is 12.2. The molecule has 0 aliphatic heterocycles. The van der Waals surface area contributed by atoms with E-state index in [4.69, 9.17) is 0 Å². The predicted molar refractivity (Wildman–Crippen MR) is 79.1 cm³/mol. The summed E-state index contributed by atoms with van der Waals surface area (Å²) in [7, 11) is 0. The first-order chi connectivity index (χ1) is 8.59. The number of hydrogen-bond donors (Lipinski definition) is 1. The molecule has 94 valence electrons. The maximum atomic E-state index is 12.2. The van der Waals surface area contributed by atoms with Gasteiger partial charge in [0.05, 0.1) is 11.6 Å². The maximum Gasteiger partial charge on any atom is 0.252 e. The van der Waals surface area contributed by atoms with E-state index in [1.165, 1.54) is 0 Å². The highest BCUT2D eigenvalue weighted by Crippen LogP contribution is 2.22. The van der Waals surface area contributed by atoms with Gasteiger partial charge >= 0.3 is 0 Å². The number of thiophene rings is 1. The summed E-state index contributed by atoms with van der Waals surface area (Å²) in [5, 5.41) is 7.07. The third kappa shape index (κ3) is 2.82. The van der Waals surface area contributed by atoms with Crippen LogP contribution in [0.5, 0.6) is 0 Å². The Balaban J connectivity index is 2.15. The zero-order valence-electron chi connectivity index (χ0n) is 10.2. The van der Waals surface area contributed by atoms with Gasteiger partial charge in [-0.1, -0.05) is 12.1 Å². The molecule has 1 atom stereocenters. The molecule has 1 aromatic carbocycles. The Bertz CT molecular complexity index is 551. The Labute approximate surface area is 119 Å². The van der Waals surface area contributed by atoms with Crippen LogP contribution in [-0.2, 0) is 0 Å². The van der Waals surface area contributed by atoms with Gasteiger partial charge < -0.3 is 5.32 Å². The first kappa shape index (κ1) is 13.3. The molecule has 0 spiro atoms. The van der Waals surface area contributed by atoms with Crippen LogP contribution in [0.4, 0.5) is 0 Å². The lowest BCUT2D eigenvalue weighted by Gasteiger charge is -2.14. The number of hydrogen-bond acceptors (Lipinski definition) is 2. The minimum absolute atomic E-state index is 0.0242. The first-order valence-corrected chi connectivity index (χ1v) is 7.41.